The van der Waals surface area contributed by atoms with E-state index < -0.39 is 15.8 Å². The Bertz CT molecular complexity index is 838. The molecule has 0 atom stereocenters. The molecule has 0 radical (unpaired) electrons. The molecule has 9 heteroatoms. The van der Waals surface area contributed by atoms with E-state index in [2.05, 4.69) is 15.3 Å². The fourth-order valence-corrected chi connectivity index (χ4v) is 3.72. The Morgan fingerprint density at radius 3 is 2.65 bits per heavy atom. The standard InChI is InChI=1S/C14H16ClFN4O2S/c1-23(21,22)20-4-2-9(3-5-20)19-14-10-6-12(16)11(15)7-13(10)17-8-18-14/h6-9H,2-5H2,1H3,(H,17,18,19). The first kappa shape index (κ1) is 16.4. The maximum Gasteiger partial charge on any atom is 0.211 e. The third kappa shape index (κ3) is 3.54. The largest absolute Gasteiger partial charge is 0.367 e. The van der Waals surface area contributed by atoms with Crippen LogP contribution in [0.25, 0.3) is 10.9 Å². The zero-order valence-electron chi connectivity index (χ0n) is 12.5. The van der Waals surface area contributed by atoms with Gasteiger partial charge in [0.2, 0.25) is 10.0 Å². The van der Waals surface area contributed by atoms with Gasteiger partial charge in [0.25, 0.3) is 0 Å². The van der Waals surface area contributed by atoms with E-state index in [1.54, 1.807) is 0 Å². The number of anilines is 1. The van der Waals surface area contributed by atoms with Crippen LogP contribution >= 0.6 is 11.6 Å². The molecule has 1 N–H and O–H groups in total. The van der Waals surface area contributed by atoms with Crippen LogP contribution in [-0.2, 0) is 10.0 Å². The molecule has 1 aliphatic heterocycles. The van der Waals surface area contributed by atoms with Crippen LogP contribution in [0.2, 0.25) is 5.02 Å². The molecule has 6 nitrogen and oxygen atoms in total. The van der Waals surface area contributed by atoms with Gasteiger partial charge in [-0.1, -0.05) is 11.6 Å². The van der Waals surface area contributed by atoms with Crippen LogP contribution in [0.4, 0.5) is 10.2 Å². The van der Waals surface area contributed by atoms with Gasteiger partial charge in [-0.3, -0.25) is 0 Å². The van der Waals surface area contributed by atoms with Gasteiger partial charge in [-0.15, -0.1) is 0 Å². The molecular weight excluding hydrogens is 343 g/mol. The van der Waals surface area contributed by atoms with Crippen LogP contribution in [0.5, 0.6) is 0 Å². The fraction of sp³-hybridized carbons (Fsp3) is 0.429. The van der Waals surface area contributed by atoms with Crippen LogP contribution in [-0.4, -0.2) is 48.1 Å². The van der Waals surface area contributed by atoms with Gasteiger partial charge in [0.05, 0.1) is 16.8 Å². The van der Waals surface area contributed by atoms with Crippen LogP contribution in [0.3, 0.4) is 0 Å². The third-order valence-corrected chi connectivity index (χ3v) is 5.53. The second kappa shape index (κ2) is 6.18. The summed E-state index contributed by atoms with van der Waals surface area (Å²) in [6, 6.07) is 2.85. The molecule has 124 valence electrons. The fourth-order valence-electron chi connectivity index (χ4n) is 2.69. The van der Waals surface area contributed by atoms with Crippen molar-refractivity contribution in [1.82, 2.24) is 14.3 Å². The minimum absolute atomic E-state index is 0.0172. The number of hydrogen-bond donors (Lipinski definition) is 1. The van der Waals surface area contributed by atoms with Gasteiger partial charge in [-0.25, -0.2) is 27.1 Å². The highest BCUT2D eigenvalue weighted by atomic mass is 35.5. The lowest BCUT2D eigenvalue weighted by atomic mass is 10.1. The van der Waals surface area contributed by atoms with Crippen molar-refractivity contribution in [2.45, 2.75) is 18.9 Å². The Hall–Kier alpha value is -1.51. The van der Waals surface area contributed by atoms with Crippen molar-refractivity contribution in [2.75, 3.05) is 24.7 Å². The number of nitrogens with zero attached hydrogens (tertiary/aromatic N) is 3. The van der Waals surface area contributed by atoms with Gasteiger partial charge >= 0.3 is 0 Å². The molecule has 1 saturated heterocycles. The molecule has 0 saturated carbocycles. The highest BCUT2D eigenvalue weighted by Gasteiger charge is 2.25. The lowest BCUT2D eigenvalue weighted by Gasteiger charge is -2.31. The van der Waals surface area contributed by atoms with Crippen LogP contribution in [0, 0.1) is 5.82 Å². The maximum atomic E-state index is 13.7. The number of aromatic nitrogens is 2. The topological polar surface area (TPSA) is 75.2 Å². The summed E-state index contributed by atoms with van der Waals surface area (Å²) in [7, 11) is -3.15. The monoisotopic (exact) mass is 358 g/mol. The molecule has 2 aromatic rings. The van der Waals surface area contributed by atoms with Crippen molar-refractivity contribution < 1.29 is 12.8 Å². The van der Waals surface area contributed by atoms with E-state index in [1.165, 1.54) is 29.0 Å². The maximum absolute atomic E-state index is 13.7. The molecule has 23 heavy (non-hydrogen) atoms. The van der Waals surface area contributed by atoms with Gasteiger partial charge in [0.1, 0.15) is 18.0 Å². The average Bonchev–Trinajstić information content (AvgIpc) is 2.49. The van der Waals surface area contributed by atoms with E-state index in [9.17, 15) is 12.8 Å². The molecule has 0 unspecified atom stereocenters. The van der Waals surface area contributed by atoms with E-state index in [4.69, 9.17) is 11.6 Å². The third-order valence-electron chi connectivity index (χ3n) is 3.94. The lowest BCUT2D eigenvalue weighted by Crippen LogP contribution is -2.41. The Morgan fingerprint density at radius 1 is 1.30 bits per heavy atom. The normalized spacial score (nSPS) is 17.5. The quantitative estimate of drug-likeness (QED) is 0.910. The Balaban J connectivity index is 1.79. The van der Waals surface area contributed by atoms with Crippen LogP contribution in [0.15, 0.2) is 18.5 Å². The van der Waals surface area contributed by atoms with Crippen molar-refractivity contribution in [3.8, 4) is 0 Å². The summed E-state index contributed by atoms with van der Waals surface area (Å²) in [5.41, 5.74) is 0.558. The Morgan fingerprint density at radius 2 is 2.00 bits per heavy atom. The zero-order chi connectivity index (χ0) is 16.6. The van der Waals surface area contributed by atoms with E-state index in [0.29, 0.717) is 42.7 Å². The van der Waals surface area contributed by atoms with E-state index in [1.807, 2.05) is 0 Å². The van der Waals surface area contributed by atoms with Crippen molar-refractivity contribution in [3.05, 3.63) is 29.3 Å². The molecule has 0 amide bonds. The van der Waals surface area contributed by atoms with Crippen molar-refractivity contribution in [3.63, 3.8) is 0 Å². The predicted molar refractivity (Wildman–Crippen MR) is 87.6 cm³/mol. The smallest absolute Gasteiger partial charge is 0.211 e. The van der Waals surface area contributed by atoms with Crippen molar-refractivity contribution in [1.29, 1.82) is 0 Å². The van der Waals surface area contributed by atoms with E-state index in [-0.39, 0.29) is 11.1 Å². The first-order chi connectivity index (χ1) is 10.8. The average molecular weight is 359 g/mol. The van der Waals surface area contributed by atoms with Gasteiger partial charge in [-0.05, 0) is 25.0 Å². The number of benzene rings is 1. The molecule has 0 spiro atoms. The number of halogens is 2. The predicted octanol–water partition coefficient (Wildman–Crippen LogP) is 2.26. The minimum Gasteiger partial charge on any atom is -0.367 e. The summed E-state index contributed by atoms with van der Waals surface area (Å²) < 4.78 is 38.2. The minimum atomic E-state index is -3.15. The van der Waals surface area contributed by atoms with Crippen LogP contribution < -0.4 is 5.32 Å². The lowest BCUT2D eigenvalue weighted by molar-refractivity contribution is 0.331. The molecule has 2 heterocycles. The second-order valence-corrected chi connectivity index (χ2v) is 7.98. The molecule has 1 aromatic heterocycles. The summed E-state index contributed by atoms with van der Waals surface area (Å²) in [4.78, 5) is 8.27. The summed E-state index contributed by atoms with van der Waals surface area (Å²) in [6.07, 6.45) is 3.93. The second-order valence-electron chi connectivity index (χ2n) is 5.59. The molecular formula is C14H16ClFN4O2S. The Labute approximate surface area is 138 Å². The van der Waals surface area contributed by atoms with Gasteiger partial charge in [-0.2, -0.15) is 0 Å². The first-order valence-corrected chi connectivity index (χ1v) is 9.38. The number of piperidine rings is 1. The summed E-state index contributed by atoms with van der Waals surface area (Å²) in [5, 5.41) is 3.83. The molecule has 3 rings (SSSR count). The number of nitrogens with one attached hydrogen (secondary N) is 1. The van der Waals surface area contributed by atoms with Crippen LogP contribution in [0.1, 0.15) is 12.8 Å². The SMILES string of the molecule is CS(=O)(=O)N1CCC(Nc2ncnc3cc(Cl)c(F)cc23)CC1. The first-order valence-electron chi connectivity index (χ1n) is 7.16. The number of sulfonamides is 1. The van der Waals surface area contributed by atoms with Crippen molar-refractivity contribution in [2.24, 2.45) is 0 Å². The summed E-state index contributed by atoms with van der Waals surface area (Å²) in [6.45, 7) is 0.916. The number of fused-ring (bicyclic) bond motifs is 1. The molecule has 0 aliphatic carbocycles. The summed E-state index contributed by atoms with van der Waals surface area (Å²) in [5.74, 6) is 0.00675. The highest BCUT2D eigenvalue weighted by Crippen LogP contribution is 2.27. The molecule has 1 fully saturated rings. The number of hydrogen-bond acceptors (Lipinski definition) is 5. The van der Waals surface area contributed by atoms with Gasteiger partial charge in [0.15, 0.2) is 0 Å². The van der Waals surface area contributed by atoms with Crippen molar-refractivity contribution >= 4 is 38.3 Å². The summed E-state index contributed by atoms with van der Waals surface area (Å²) >= 11 is 5.77. The number of rotatable bonds is 3. The Kier molecular flexibility index (Phi) is 4.39. The molecule has 0 bridgehead atoms. The van der Waals surface area contributed by atoms with Gasteiger partial charge in [0, 0.05) is 24.5 Å². The highest BCUT2D eigenvalue weighted by molar-refractivity contribution is 7.88. The van der Waals surface area contributed by atoms with E-state index >= 15 is 0 Å². The molecule has 1 aliphatic rings. The van der Waals surface area contributed by atoms with E-state index in [0.717, 1.165) is 0 Å². The zero-order valence-corrected chi connectivity index (χ0v) is 14.0. The molecule has 1 aromatic carbocycles. The van der Waals surface area contributed by atoms with Gasteiger partial charge < -0.3 is 5.32 Å².